The van der Waals surface area contributed by atoms with Gasteiger partial charge in [0.2, 0.25) is 0 Å². The molecule has 1 atom stereocenters. The summed E-state index contributed by atoms with van der Waals surface area (Å²) in [6.07, 6.45) is 2.40. The third kappa shape index (κ3) is 2.54. The molecule has 2 N–H and O–H groups in total. The molecule has 0 saturated heterocycles. The topological polar surface area (TPSA) is 67.9 Å². The van der Waals surface area contributed by atoms with Crippen molar-refractivity contribution in [2.24, 2.45) is 16.6 Å². The fourth-order valence-electron chi connectivity index (χ4n) is 2.58. The summed E-state index contributed by atoms with van der Waals surface area (Å²) in [5.41, 5.74) is 8.06. The highest BCUT2D eigenvalue weighted by molar-refractivity contribution is 6.03. The van der Waals surface area contributed by atoms with E-state index in [9.17, 15) is 4.79 Å². The number of ether oxygens (including phenoxy) is 1. The molecule has 3 rings (SSSR count). The number of urea groups is 1. The quantitative estimate of drug-likeness (QED) is 0.893. The van der Waals surface area contributed by atoms with Crippen LogP contribution < -0.4 is 5.73 Å². The maximum absolute atomic E-state index is 11.9. The number of amidine groups is 1. The molecule has 2 aliphatic rings. The first-order valence-electron chi connectivity index (χ1n) is 6.91. The second kappa shape index (κ2) is 5.25. The van der Waals surface area contributed by atoms with Gasteiger partial charge in [-0.25, -0.2) is 4.79 Å². The Labute approximate surface area is 118 Å². The van der Waals surface area contributed by atoms with Gasteiger partial charge in [0.1, 0.15) is 11.9 Å². The van der Waals surface area contributed by atoms with E-state index in [2.05, 4.69) is 4.99 Å². The zero-order valence-electron chi connectivity index (χ0n) is 11.6. The lowest BCUT2D eigenvalue weighted by atomic mass is 10.0. The van der Waals surface area contributed by atoms with E-state index in [0.29, 0.717) is 18.4 Å². The normalized spacial score (nSPS) is 22.2. The lowest BCUT2D eigenvalue weighted by Crippen LogP contribution is -2.34. The van der Waals surface area contributed by atoms with Crippen molar-refractivity contribution >= 4 is 11.9 Å². The maximum Gasteiger partial charge on any atom is 0.346 e. The van der Waals surface area contributed by atoms with Gasteiger partial charge in [-0.3, -0.25) is 0 Å². The molecule has 20 heavy (non-hydrogen) atoms. The molecule has 1 heterocycles. The number of nitrogens with two attached hydrogens (primary N) is 1. The monoisotopic (exact) mass is 273 g/mol. The summed E-state index contributed by atoms with van der Waals surface area (Å²) < 4.78 is 5.10. The van der Waals surface area contributed by atoms with Crippen molar-refractivity contribution in [2.45, 2.75) is 25.5 Å². The molecule has 1 unspecified atom stereocenters. The smallest absolute Gasteiger partial charge is 0.346 e. The average Bonchev–Trinajstić information content (AvgIpc) is 3.19. The van der Waals surface area contributed by atoms with Crippen molar-refractivity contribution in [3.63, 3.8) is 0 Å². The van der Waals surface area contributed by atoms with E-state index < -0.39 is 0 Å². The summed E-state index contributed by atoms with van der Waals surface area (Å²) in [4.78, 5) is 17.7. The minimum Gasteiger partial charge on any atom is -0.385 e. The molecule has 5 nitrogen and oxygen atoms in total. The first kappa shape index (κ1) is 13.1. The third-order valence-corrected chi connectivity index (χ3v) is 3.82. The van der Waals surface area contributed by atoms with Gasteiger partial charge in [0.05, 0.1) is 6.61 Å². The van der Waals surface area contributed by atoms with E-state index in [-0.39, 0.29) is 12.1 Å². The van der Waals surface area contributed by atoms with Crippen molar-refractivity contribution in [1.29, 1.82) is 0 Å². The van der Waals surface area contributed by atoms with Gasteiger partial charge in [0, 0.05) is 13.7 Å². The Morgan fingerprint density at radius 3 is 2.65 bits per heavy atom. The Bertz CT molecular complexity index is 535. The summed E-state index contributed by atoms with van der Waals surface area (Å²) in [7, 11) is 1.67. The Kier molecular flexibility index (Phi) is 3.44. The zero-order valence-corrected chi connectivity index (χ0v) is 11.6. The van der Waals surface area contributed by atoms with Crippen LogP contribution in [0.25, 0.3) is 0 Å². The van der Waals surface area contributed by atoms with Crippen LogP contribution in [0.3, 0.4) is 0 Å². The largest absolute Gasteiger partial charge is 0.385 e. The summed E-state index contributed by atoms with van der Waals surface area (Å²) in [6, 6.07) is 7.59. The molecule has 1 saturated carbocycles. The number of nitrogens with zero attached hydrogens (tertiary/aromatic N) is 2. The molecule has 1 aromatic rings. The van der Waals surface area contributed by atoms with E-state index in [1.165, 1.54) is 12.8 Å². The van der Waals surface area contributed by atoms with Gasteiger partial charge < -0.3 is 15.4 Å². The Morgan fingerprint density at radius 1 is 1.35 bits per heavy atom. The average molecular weight is 273 g/mol. The van der Waals surface area contributed by atoms with Crippen LogP contribution >= 0.6 is 0 Å². The highest BCUT2D eigenvalue weighted by atomic mass is 16.5. The number of carbonyl (C=O) groups is 1. The Hall–Kier alpha value is -1.88. The highest BCUT2D eigenvalue weighted by Gasteiger charge is 2.37. The fourth-order valence-corrected chi connectivity index (χ4v) is 2.58. The van der Waals surface area contributed by atoms with E-state index in [1.807, 2.05) is 24.3 Å². The molecule has 0 aromatic heterocycles. The molecule has 0 spiro atoms. The number of methoxy groups -OCH3 is 1. The van der Waals surface area contributed by atoms with E-state index in [0.717, 1.165) is 17.7 Å². The van der Waals surface area contributed by atoms with Crippen LogP contribution in [0.5, 0.6) is 0 Å². The molecule has 1 aliphatic carbocycles. The van der Waals surface area contributed by atoms with Crippen LogP contribution in [-0.2, 0) is 11.3 Å². The van der Waals surface area contributed by atoms with Gasteiger partial charge in [0.25, 0.3) is 0 Å². The maximum atomic E-state index is 11.9. The van der Waals surface area contributed by atoms with Crippen molar-refractivity contribution in [3.8, 4) is 0 Å². The predicted octanol–water partition coefficient (Wildman–Crippen LogP) is 2.08. The van der Waals surface area contributed by atoms with Crippen molar-refractivity contribution in [1.82, 2.24) is 4.90 Å². The van der Waals surface area contributed by atoms with E-state index >= 15 is 0 Å². The Balaban J connectivity index is 1.81. The molecule has 2 amide bonds. The molecule has 1 fully saturated rings. The van der Waals surface area contributed by atoms with E-state index in [4.69, 9.17) is 10.5 Å². The summed E-state index contributed by atoms with van der Waals surface area (Å²) in [5, 5.41) is 0. The second-order valence-electron chi connectivity index (χ2n) is 5.49. The summed E-state index contributed by atoms with van der Waals surface area (Å²) >= 11 is 0. The number of hydrogen-bond donors (Lipinski definition) is 1. The SMILES string of the molecule is COCc1ccc(C2C(N)=NC(=O)N2CC2CC2)cc1. The number of rotatable bonds is 5. The van der Waals surface area contributed by atoms with Crippen LogP contribution in [-0.4, -0.2) is 30.4 Å². The lowest BCUT2D eigenvalue weighted by Gasteiger charge is -2.24. The molecule has 0 bridgehead atoms. The van der Waals surface area contributed by atoms with Crippen LogP contribution in [0.2, 0.25) is 0 Å². The minimum absolute atomic E-state index is 0.208. The number of benzene rings is 1. The number of aliphatic imine (C=N–C) groups is 1. The van der Waals surface area contributed by atoms with Crippen LogP contribution in [0, 0.1) is 5.92 Å². The summed E-state index contributed by atoms with van der Waals surface area (Å²) in [6.45, 7) is 1.34. The van der Waals surface area contributed by atoms with Crippen LogP contribution in [0.1, 0.15) is 30.0 Å². The Morgan fingerprint density at radius 2 is 2.05 bits per heavy atom. The van der Waals surface area contributed by atoms with E-state index in [1.54, 1.807) is 12.0 Å². The zero-order chi connectivity index (χ0) is 14.1. The number of carbonyl (C=O) groups excluding carboxylic acids is 1. The molecule has 106 valence electrons. The highest BCUT2D eigenvalue weighted by Crippen LogP contribution is 2.35. The second-order valence-corrected chi connectivity index (χ2v) is 5.49. The third-order valence-electron chi connectivity index (χ3n) is 3.82. The minimum atomic E-state index is -0.209. The molecular formula is C15H19N3O2. The number of hydrogen-bond acceptors (Lipinski definition) is 3. The van der Waals surface area contributed by atoms with Gasteiger partial charge >= 0.3 is 6.03 Å². The predicted molar refractivity (Wildman–Crippen MR) is 76.3 cm³/mol. The van der Waals surface area contributed by atoms with Crippen molar-refractivity contribution in [2.75, 3.05) is 13.7 Å². The van der Waals surface area contributed by atoms with Crippen LogP contribution in [0.15, 0.2) is 29.3 Å². The van der Waals surface area contributed by atoms with Crippen molar-refractivity contribution in [3.05, 3.63) is 35.4 Å². The summed E-state index contributed by atoms with van der Waals surface area (Å²) in [5.74, 6) is 1.02. The molecule has 1 aromatic carbocycles. The fraction of sp³-hybridized carbons (Fsp3) is 0.467. The van der Waals surface area contributed by atoms with Gasteiger partial charge in [-0.1, -0.05) is 24.3 Å². The lowest BCUT2D eigenvalue weighted by molar-refractivity contribution is 0.185. The first-order chi connectivity index (χ1) is 9.69. The van der Waals surface area contributed by atoms with Gasteiger partial charge in [-0.15, -0.1) is 0 Å². The standard InChI is InChI=1S/C15H19N3O2/c1-20-9-11-4-6-12(7-5-11)13-14(16)17-15(19)18(13)8-10-2-3-10/h4-7,10,13H,2-3,8-9H2,1H3,(H2,16,17,19). The van der Waals surface area contributed by atoms with Crippen molar-refractivity contribution < 1.29 is 9.53 Å². The molecular weight excluding hydrogens is 254 g/mol. The molecule has 5 heteroatoms. The number of amides is 2. The molecule has 0 radical (unpaired) electrons. The van der Waals surface area contributed by atoms with Crippen LogP contribution in [0.4, 0.5) is 4.79 Å². The van der Waals surface area contributed by atoms with Gasteiger partial charge in [-0.2, -0.15) is 4.99 Å². The van der Waals surface area contributed by atoms with Gasteiger partial charge in [0.15, 0.2) is 0 Å². The molecule has 1 aliphatic heterocycles. The first-order valence-corrected chi connectivity index (χ1v) is 6.91. The van der Waals surface area contributed by atoms with Gasteiger partial charge in [-0.05, 0) is 29.9 Å².